The molecule has 0 amide bonds. The van der Waals surface area contributed by atoms with Gasteiger partial charge in [0.25, 0.3) is 10.0 Å². The molecule has 0 aliphatic heterocycles. The van der Waals surface area contributed by atoms with Crippen LogP contribution in [-0.4, -0.2) is 34.5 Å². The first-order valence-electron chi connectivity index (χ1n) is 6.32. The fourth-order valence-electron chi connectivity index (χ4n) is 1.74. The smallest absolute Gasteiger partial charge is 0.316 e. The highest BCUT2D eigenvalue weighted by molar-refractivity contribution is 7.92. The van der Waals surface area contributed by atoms with Crippen molar-refractivity contribution in [3.63, 3.8) is 0 Å². The number of aryl methyl sites for hydroxylation is 3. The van der Waals surface area contributed by atoms with Crippen LogP contribution in [-0.2, 0) is 17.1 Å². The van der Waals surface area contributed by atoms with E-state index in [0.29, 0.717) is 23.7 Å². The SMILES string of the molecule is CCOc1nc(C)c(NS(=O)(=O)c2cn(C)cn2)c(C)n1. The molecule has 0 aromatic carbocycles. The van der Waals surface area contributed by atoms with Crippen LogP contribution < -0.4 is 9.46 Å². The van der Waals surface area contributed by atoms with Crippen molar-refractivity contribution in [1.29, 1.82) is 0 Å². The number of nitrogens with zero attached hydrogens (tertiary/aromatic N) is 4. The van der Waals surface area contributed by atoms with Crippen molar-refractivity contribution in [3.8, 4) is 6.01 Å². The standard InChI is InChI=1S/C12H17N5O3S/c1-5-20-12-14-8(2)11(9(3)15-12)16-21(18,19)10-6-17(4)7-13-10/h6-7,16H,5H2,1-4H3. The lowest BCUT2D eigenvalue weighted by atomic mass is 10.3. The zero-order chi connectivity index (χ0) is 15.6. The zero-order valence-corrected chi connectivity index (χ0v) is 13.1. The molecule has 0 radical (unpaired) electrons. The van der Waals surface area contributed by atoms with Crippen LogP contribution in [0, 0.1) is 13.8 Å². The Balaban J connectivity index is 2.35. The van der Waals surface area contributed by atoms with E-state index in [1.54, 1.807) is 25.5 Å². The number of hydrogen-bond acceptors (Lipinski definition) is 6. The second-order valence-electron chi connectivity index (χ2n) is 4.47. The molecule has 0 aliphatic carbocycles. The van der Waals surface area contributed by atoms with Crippen LogP contribution in [0.2, 0.25) is 0 Å². The topological polar surface area (TPSA) is 99.0 Å². The monoisotopic (exact) mass is 311 g/mol. The summed E-state index contributed by atoms with van der Waals surface area (Å²) in [6, 6.07) is 0.230. The van der Waals surface area contributed by atoms with E-state index in [1.165, 1.54) is 12.5 Å². The van der Waals surface area contributed by atoms with Gasteiger partial charge in [-0.15, -0.1) is 0 Å². The molecule has 8 nitrogen and oxygen atoms in total. The number of nitrogens with one attached hydrogen (secondary N) is 1. The van der Waals surface area contributed by atoms with E-state index in [9.17, 15) is 8.42 Å². The van der Waals surface area contributed by atoms with Crippen molar-refractivity contribution in [2.24, 2.45) is 7.05 Å². The van der Waals surface area contributed by atoms with Crippen molar-refractivity contribution < 1.29 is 13.2 Å². The number of aromatic nitrogens is 4. The summed E-state index contributed by atoms with van der Waals surface area (Å²) in [5.41, 5.74) is 1.32. The van der Waals surface area contributed by atoms with E-state index in [4.69, 9.17) is 4.74 Å². The molecule has 9 heteroatoms. The molecule has 2 aromatic rings. The maximum Gasteiger partial charge on any atom is 0.316 e. The first-order valence-corrected chi connectivity index (χ1v) is 7.80. The number of anilines is 1. The molecular weight excluding hydrogens is 294 g/mol. The summed E-state index contributed by atoms with van der Waals surface area (Å²) in [4.78, 5) is 12.1. The quantitative estimate of drug-likeness (QED) is 0.885. The van der Waals surface area contributed by atoms with Crippen LogP contribution in [0.3, 0.4) is 0 Å². The molecule has 0 spiro atoms. The first-order chi connectivity index (χ1) is 9.83. The zero-order valence-electron chi connectivity index (χ0n) is 12.3. The van der Waals surface area contributed by atoms with E-state index >= 15 is 0 Å². The predicted molar refractivity (Wildman–Crippen MR) is 76.7 cm³/mol. The largest absolute Gasteiger partial charge is 0.464 e. The fourth-order valence-corrected chi connectivity index (χ4v) is 2.90. The van der Waals surface area contributed by atoms with Crippen LogP contribution in [0.5, 0.6) is 6.01 Å². The molecule has 0 fully saturated rings. The minimum absolute atomic E-state index is 0.0577. The van der Waals surface area contributed by atoms with Gasteiger partial charge in [0.1, 0.15) is 0 Å². The number of sulfonamides is 1. The Morgan fingerprint density at radius 2 is 1.90 bits per heavy atom. The normalized spacial score (nSPS) is 11.4. The van der Waals surface area contributed by atoms with Crippen molar-refractivity contribution in [1.82, 2.24) is 19.5 Å². The molecule has 2 aromatic heterocycles. The Kier molecular flexibility index (Phi) is 4.12. The minimum Gasteiger partial charge on any atom is -0.464 e. The Morgan fingerprint density at radius 3 is 2.38 bits per heavy atom. The van der Waals surface area contributed by atoms with Crippen molar-refractivity contribution in [3.05, 3.63) is 23.9 Å². The van der Waals surface area contributed by atoms with Gasteiger partial charge in [-0.1, -0.05) is 0 Å². The summed E-state index contributed by atoms with van der Waals surface area (Å²) in [5.74, 6) is 0. The highest BCUT2D eigenvalue weighted by atomic mass is 32.2. The molecular formula is C12H17N5O3S. The van der Waals surface area contributed by atoms with E-state index in [1.807, 2.05) is 6.92 Å². The van der Waals surface area contributed by atoms with E-state index in [2.05, 4.69) is 19.7 Å². The minimum atomic E-state index is -3.77. The van der Waals surface area contributed by atoms with Gasteiger partial charge in [0.05, 0.1) is 30.0 Å². The highest BCUT2D eigenvalue weighted by Gasteiger charge is 2.20. The lowest BCUT2D eigenvalue weighted by Gasteiger charge is -2.12. The molecule has 0 saturated carbocycles. The Bertz CT molecular complexity index is 731. The summed E-state index contributed by atoms with van der Waals surface area (Å²) in [6.07, 6.45) is 2.84. The average molecular weight is 311 g/mol. The van der Waals surface area contributed by atoms with Crippen LogP contribution in [0.15, 0.2) is 17.6 Å². The summed E-state index contributed by atoms with van der Waals surface area (Å²) in [6.45, 7) is 5.64. The fraction of sp³-hybridized carbons (Fsp3) is 0.417. The van der Waals surface area contributed by atoms with Gasteiger partial charge in [0.15, 0.2) is 5.03 Å². The molecule has 1 N–H and O–H groups in total. The summed E-state index contributed by atoms with van der Waals surface area (Å²) in [5, 5.41) is -0.0577. The molecule has 114 valence electrons. The molecule has 0 unspecified atom stereocenters. The number of rotatable bonds is 5. The maximum absolute atomic E-state index is 12.3. The van der Waals surface area contributed by atoms with Gasteiger partial charge in [-0.3, -0.25) is 4.72 Å². The molecule has 0 atom stereocenters. The van der Waals surface area contributed by atoms with Gasteiger partial charge in [-0.2, -0.15) is 18.4 Å². The maximum atomic E-state index is 12.3. The van der Waals surface area contributed by atoms with E-state index in [0.717, 1.165) is 0 Å². The summed E-state index contributed by atoms with van der Waals surface area (Å²) >= 11 is 0. The van der Waals surface area contributed by atoms with Crippen LogP contribution in [0.1, 0.15) is 18.3 Å². The van der Waals surface area contributed by atoms with Gasteiger partial charge in [0.2, 0.25) is 0 Å². The molecule has 0 aliphatic rings. The summed E-state index contributed by atoms with van der Waals surface area (Å²) < 4.78 is 33.8. The highest BCUT2D eigenvalue weighted by Crippen LogP contribution is 2.22. The molecule has 0 bridgehead atoms. The number of hydrogen-bond donors (Lipinski definition) is 1. The molecule has 2 heterocycles. The van der Waals surface area contributed by atoms with E-state index in [-0.39, 0.29) is 11.0 Å². The molecule has 21 heavy (non-hydrogen) atoms. The van der Waals surface area contributed by atoms with Gasteiger partial charge in [-0.25, -0.2) is 4.98 Å². The Hall–Kier alpha value is -2.16. The van der Waals surface area contributed by atoms with Gasteiger partial charge in [0, 0.05) is 13.2 Å². The predicted octanol–water partition coefficient (Wildman–Crippen LogP) is 1.03. The Morgan fingerprint density at radius 1 is 1.29 bits per heavy atom. The average Bonchev–Trinajstić information content (AvgIpc) is 2.82. The number of imidazole rings is 1. The van der Waals surface area contributed by atoms with Crippen molar-refractivity contribution in [2.45, 2.75) is 25.8 Å². The van der Waals surface area contributed by atoms with Gasteiger partial charge < -0.3 is 9.30 Å². The van der Waals surface area contributed by atoms with Crippen molar-refractivity contribution >= 4 is 15.7 Å². The molecule has 0 saturated heterocycles. The lowest BCUT2D eigenvalue weighted by Crippen LogP contribution is -2.16. The lowest BCUT2D eigenvalue weighted by molar-refractivity contribution is 0.311. The second-order valence-corrected chi connectivity index (χ2v) is 6.10. The Labute approximate surface area is 123 Å². The third kappa shape index (κ3) is 3.30. The van der Waals surface area contributed by atoms with Crippen LogP contribution >= 0.6 is 0 Å². The van der Waals surface area contributed by atoms with Gasteiger partial charge in [-0.05, 0) is 20.8 Å². The summed E-state index contributed by atoms with van der Waals surface area (Å²) in [7, 11) is -2.07. The second kappa shape index (κ2) is 5.68. The third-order valence-electron chi connectivity index (χ3n) is 2.72. The first kappa shape index (κ1) is 15.2. The molecule has 2 rings (SSSR count). The van der Waals surface area contributed by atoms with E-state index < -0.39 is 10.0 Å². The van der Waals surface area contributed by atoms with Gasteiger partial charge >= 0.3 is 6.01 Å². The van der Waals surface area contributed by atoms with Crippen molar-refractivity contribution in [2.75, 3.05) is 11.3 Å². The van der Waals surface area contributed by atoms with Crippen LogP contribution in [0.25, 0.3) is 0 Å². The number of ether oxygens (including phenoxy) is 1. The third-order valence-corrected chi connectivity index (χ3v) is 3.95. The van der Waals surface area contributed by atoms with Crippen LogP contribution in [0.4, 0.5) is 5.69 Å².